The maximum Gasteiger partial charge on any atom is 0.295 e. The van der Waals surface area contributed by atoms with Crippen LogP contribution in [-0.2, 0) is 0 Å². The highest BCUT2D eigenvalue weighted by molar-refractivity contribution is 9.10. The fourth-order valence-corrected chi connectivity index (χ4v) is 1.96. The lowest BCUT2D eigenvalue weighted by Gasteiger charge is -2.17. The van der Waals surface area contributed by atoms with Crippen LogP contribution in [-0.4, -0.2) is 17.5 Å². The Morgan fingerprint density at radius 3 is 2.78 bits per heavy atom. The first kappa shape index (κ1) is 14.8. The van der Waals surface area contributed by atoms with Gasteiger partial charge in [-0.15, -0.1) is 0 Å². The SMILES string of the molecule is CCCC(CN)Nc1cc(Br)c(F)cc1[N+](=O)[O-]. The van der Waals surface area contributed by atoms with E-state index in [0.29, 0.717) is 6.54 Å². The molecule has 0 heterocycles. The van der Waals surface area contributed by atoms with Crippen LogP contribution in [0.15, 0.2) is 16.6 Å². The second-order valence-electron chi connectivity index (χ2n) is 3.91. The molecule has 0 saturated carbocycles. The van der Waals surface area contributed by atoms with Crippen molar-refractivity contribution in [3.8, 4) is 0 Å². The average Bonchev–Trinajstić information content (AvgIpc) is 2.32. The Morgan fingerprint density at radius 1 is 1.61 bits per heavy atom. The summed E-state index contributed by atoms with van der Waals surface area (Å²) in [6.07, 6.45) is 1.70. The molecule has 1 atom stereocenters. The van der Waals surface area contributed by atoms with E-state index < -0.39 is 10.7 Å². The molecule has 3 N–H and O–H groups in total. The van der Waals surface area contributed by atoms with Crippen LogP contribution in [0.25, 0.3) is 0 Å². The van der Waals surface area contributed by atoms with Crippen molar-refractivity contribution >= 4 is 27.3 Å². The largest absolute Gasteiger partial charge is 0.375 e. The van der Waals surface area contributed by atoms with Crippen molar-refractivity contribution in [2.45, 2.75) is 25.8 Å². The van der Waals surface area contributed by atoms with Gasteiger partial charge in [0.1, 0.15) is 11.5 Å². The van der Waals surface area contributed by atoms with Crippen molar-refractivity contribution in [1.29, 1.82) is 0 Å². The smallest absolute Gasteiger partial charge is 0.295 e. The van der Waals surface area contributed by atoms with E-state index in [4.69, 9.17) is 5.73 Å². The first-order valence-electron chi connectivity index (χ1n) is 5.59. The summed E-state index contributed by atoms with van der Waals surface area (Å²) in [5.74, 6) is -0.660. The molecule has 0 saturated heterocycles. The van der Waals surface area contributed by atoms with Crippen LogP contribution in [0.5, 0.6) is 0 Å². The molecular formula is C11H15BrFN3O2. The van der Waals surface area contributed by atoms with Crippen LogP contribution in [0.4, 0.5) is 15.8 Å². The van der Waals surface area contributed by atoms with Gasteiger partial charge in [0.2, 0.25) is 0 Å². The Morgan fingerprint density at radius 2 is 2.28 bits per heavy atom. The van der Waals surface area contributed by atoms with Crippen molar-refractivity contribution in [3.05, 3.63) is 32.5 Å². The summed E-state index contributed by atoms with van der Waals surface area (Å²) in [5, 5.41) is 13.8. The number of rotatable bonds is 6. The van der Waals surface area contributed by atoms with Crippen molar-refractivity contribution in [3.63, 3.8) is 0 Å². The van der Waals surface area contributed by atoms with E-state index in [1.807, 2.05) is 6.92 Å². The average molecular weight is 320 g/mol. The molecule has 7 heteroatoms. The van der Waals surface area contributed by atoms with Gasteiger partial charge >= 0.3 is 0 Å². The highest BCUT2D eigenvalue weighted by atomic mass is 79.9. The second-order valence-corrected chi connectivity index (χ2v) is 4.76. The zero-order valence-corrected chi connectivity index (χ0v) is 11.5. The van der Waals surface area contributed by atoms with Gasteiger partial charge in [0, 0.05) is 12.6 Å². The van der Waals surface area contributed by atoms with Gasteiger partial charge in [-0.25, -0.2) is 4.39 Å². The molecule has 18 heavy (non-hydrogen) atoms. The number of nitrogens with one attached hydrogen (secondary N) is 1. The number of hydrogen-bond donors (Lipinski definition) is 2. The van der Waals surface area contributed by atoms with Gasteiger partial charge in [0.05, 0.1) is 15.5 Å². The first-order valence-corrected chi connectivity index (χ1v) is 6.38. The summed E-state index contributed by atoms with van der Waals surface area (Å²) in [4.78, 5) is 10.3. The summed E-state index contributed by atoms with van der Waals surface area (Å²) in [6, 6.07) is 2.20. The molecule has 0 aliphatic rings. The molecule has 100 valence electrons. The topological polar surface area (TPSA) is 81.2 Å². The van der Waals surface area contributed by atoms with E-state index in [0.717, 1.165) is 18.9 Å². The third kappa shape index (κ3) is 3.64. The van der Waals surface area contributed by atoms with Gasteiger partial charge in [-0.3, -0.25) is 10.1 Å². The first-order chi connectivity index (χ1) is 8.49. The number of nitro benzene ring substituents is 1. The fourth-order valence-electron chi connectivity index (χ4n) is 1.62. The standard InChI is InChI=1S/C11H15BrFN3O2/c1-2-3-7(6-14)15-10-4-8(12)9(13)5-11(10)16(17)18/h4-5,7,15H,2-3,6,14H2,1H3. The highest BCUT2D eigenvalue weighted by Crippen LogP contribution is 2.31. The molecule has 1 unspecified atom stereocenters. The van der Waals surface area contributed by atoms with Crippen molar-refractivity contribution < 1.29 is 9.31 Å². The number of hydrogen-bond acceptors (Lipinski definition) is 4. The third-order valence-corrected chi connectivity index (χ3v) is 3.12. The van der Waals surface area contributed by atoms with Gasteiger partial charge in [0.15, 0.2) is 0 Å². The Hall–Kier alpha value is -1.21. The van der Waals surface area contributed by atoms with Crippen molar-refractivity contribution in [2.24, 2.45) is 5.73 Å². The maximum atomic E-state index is 13.3. The minimum absolute atomic E-state index is 0.0638. The Bertz CT molecular complexity index is 443. The predicted octanol–water partition coefficient (Wildman–Crippen LogP) is 3.04. The Kier molecular flexibility index (Phi) is 5.49. The van der Waals surface area contributed by atoms with E-state index in [2.05, 4.69) is 21.2 Å². The third-order valence-electron chi connectivity index (χ3n) is 2.52. The molecule has 0 radical (unpaired) electrons. The Balaban J connectivity index is 3.06. The molecule has 0 aliphatic heterocycles. The van der Waals surface area contributed by atoms with Crippen LogP contribution in [0.3, 0.4) is 0 Å². The van der Waals surface area contributed by atoms with Gasteiger partial charge < -0.3 is 11.1 Å². The molecule has 0 amide bonds. The number of benzene rings is 1. The predicted molar refractivity (Wildman–Crippen MR) is 72.1 cm³/mol. The van der Waals surface area contributed by atoms with E-state index in [1.54, 1.807) is 0 Å². The maximum absolute atomic E-state index is 13.3. The zero-order valence-electron chi connectivity index (χ0n) is 9.95. The normalized spacial score (nSPS) is 12.2. The molecule has 0 bridgehead atoms. The van der Waals surface area contributed by atoms with E-state index in [1.165, 1.54) is 6.07 Å². The van der Waals surface area contributed by atoms with E-state index in [9.17, 15) is 14.5 Å². The highest BCUT2D eigenvalue weighted by Gasteiger charge is 2.19. The number of nitrogens with zero attached hydrogens (tertiary/aromatic N) is 1. The van der Waals surface area contributed by atoms with Gasteiger partial charge in [-0.05, 0) is 28.4 Å². The molecule has 0 spiro atoms. The molecule has 1 rings (SSSR count). The minimum atomic E-state index is -0.660. The van der Waals surface area contributed by atoms with Crippen LogP contribution in [0, 0.1) is 15.9 Å². The van der Waals surface area contributed by atoms with E-state index >= 15 is 0 Å². The summed E-state index contributed by atoms with van der Waals surface area (Å²) in [6.45, 7) is 2.36. The molecule has 0 aromatic heterocycles. The number of halogens is 2. The van der Waals surface area contributed by atoms with Gasteiger partial charge in [0.25, 0.3) is 5.69 Å². The van der Waals surface area contributed by atoms with Crippen molar-refractivity contribution in [2.75, 3.05) is 11.9 Å². The second kappa shape index (κ2) is 6.65. The molecule has 0 fully saturated rings. The molecular weight excluding hydrogens is 305 g/mol. The summed E-state index contributed by atoms with van der Waals surface area (Å²) < 4.78 is 13.5. The zero-order chi connectivity index (χ0) is 13.7. The van der Waals surface area contributed by atoms with E-state index in [-0.39, 0.29) is 21.9 Å². The molecule has 1 aromatic rings. The van der Waals surface area contributed by atoms with Gasteiger partial charge in [-0.1, -0.05) is 13.3 Å². The fraction of sp³-hybridized carbons (Fsp3) is 0.455. The van der Waals surface area contributed by atoms with Crippen LogP contribution < -0.4 is 11.1 Å². The summed E-state index contributed by atoms with van der Waals surface area (Å²) in [5.41, 5.74) is 5.57. The van der Waals surface area contributed by atoms with Crippen molar-refractivity contribution in [1.82, 2.24) is 0 Å². The van der Waals surface area contributed by atoms with Crippen LogP contribution >= 0.6 is 15.9 Å². The quantitative estimate of drug-likeness (QED) is 0.623. The molecule has 5 nitrogen and oxygen atoms in total. The Labute approximate surface area is 113 Å². The lowest BCUT2D eigenvalue weighted by molar-refractivity contribution is -0.384. The van der Waals surface area contributed by atoms with Gasteiger partial charge in [-0.2, -0.15) is 0 Å². The minimum Gasteiger partial charge on any atom is -0.375 e. The lowest BCUT2D eigenvalue weighted by Crippen LogP contribution is -2.28. The van der Waals surface area contributed by atoms with Crippen LogP contribution in [0.1, 0.15) is 19.8 Å². The summed E-state index contributed by atoms with van der Waals surface area (Å²) >= 11 is 3.01. The number of nitro groups is 1. The molecule has 0 aliphatic carbocycles. The molecule has 1 aromatic carbocycles. The van der Waals surface area contributed by atoms with Crippen LogP contribution in [0.2, 0.25) is 0 Å². The number of anilines is 1. The summed E-state index contributed by atoms with van der Waals surface area (Å²) in [7, 11) is 0. The lowest BCUT2D eigenvalue weighted by atomic mass is 10.1. The number of nitrogens with two attached hydrogens (primary N) is 1. The monoisotopic (exact) mass is 319 g/mol.